The maximum Gasteiger partial charge on any atom is 0.123 e. The van der Waals surface area contributed by atoms with Crippen molar-refractivity contribution in [3.63, 3.8) is 0 Å². The molecular formula is C13H14N2S. The summed E-state index contributed by atoms with van der Waals surface area (Å²) in [7, 11) is 0. The number of nitrogens with zero attached hydrogens (tertiary/aromatic N) is 1. The van der Waals surface area contributed by atoms with Gasteiger partial charge in [0.25, 0.3) is 0 Å². The predicted octanol–water partition coefficient (Wildman–Crippen LogP) is 3.34. The number of fused-ring (bicyclic) bond motifs is 1. The first-order chi connectivity index (χ1) is 7.86. The number of aryl methyl sites for hydroxylation is 1. The lowest BCUT2D eigenvalue weighted by Gasteiger charge is -2.01. The second kappa shape index (κ2) is 3.91. The molecule has 0 aliphatic carbocycles. The van der Waals surface area contributed by atoms with Gasteiger partial charge in [0.1, 0.15) is 5.01 Å². The second-order valence-electron chi connectivity index (χ2n) is 4.03. The van der Waals surface area contributed by atoms with Crippen molar-refractivity contribution in [1.82, 2.24) is 4.98 Å². The van der Waals surface area contributed by atoms with E-state index in [4.69, 9.17) is 0 Å². The standard InChI is InChI=1S/C13H14N2S/c1-2-11-8-15-13(16-11)10-3-4-12-9(7-10)5-6-14-12/h3-4,7-8,14H,2,5-6H2,1H3. The first kappa shape index (κ1) is 9.85. The zero-order valence-corrected chi connectivity index (χ0v) is 10.1. The zero-order chi connectivity index (χ0) is 11.0. The van der Waals surface area contributed by atoms with E-state index >= 15 is 0 Å². The molecule has 1 aromatic heterocycles. The van der Waals surface area contributed by atoms with Crippen LogP contribution in [0.2, 0.25) is 0 Å². The van der Waals surface area contributed by atoms with Crippen LogP contribution in [0.15, 0.2) is 24.4 Å². The summed E-state index contributed by atoms with van der Waals surface area (Å²) >= 11 is 1.80. The molecule has 82 valence electrons. The first-order valence-electron chi connectivity index (χ1n) is 5.68. The molecule has 0 amide bonds. The Balaban J connectivity index is 2.00. The normalized spacial score (nSPS) is 13.6. The lowest BCUT2D eigenvalue weighted by molar-refractivity contribution is 1.11. The van der Waals surface area contributed by atoms with Gasteiger partial charge >= 0.3 is 0 Å². The Morgan fingerprint density at radius 1 is 1.44 bits per heavy atom. The van der Waals surface area contributed by atoms with Gasteiger partial charge in [-0.3, -0.25) is 0 Å². The summed E-state index contributed by atoms with van der Waals surface area (Å²) < 4.78 is 0. The summed E-state index contributed by atoms with van der Waals surface area (Å²) in [6, 6.07) is 6.60. The van der Waals surface area contributed by atoms with E-state index in [1.807, 2.05) is 6.20 Å². The Morgan fingerprint density at radius 3 is 3.19 bits per heavy atom. The molecule has 0 unspecified atom stereocenters. The SMILES string of the molecule is CCc1cnc(-c2ccc3c(c2)CCN3)s1. The monoisotopic (exact) mass is 230 g/mol. The van der Waals surface area contributed by atoms with Crippen molar-refractivity contribution in [1.29, 1.82) is 0 Å². The average Bonchev–Trinajstić information content (AvgIpc) is 2.96. The summed E-state index contributed by atoms with van der Waals surface area (Å²) in [5, 5.41) is 4.52. The highest BCUT2D eigenvalue weighted by molar-refractivity contribution is 7.15. The van der Waals surface area contributed by atoms with Gasteiger partial charge in [-0.15, -0.1) is 11.3 Å². The Kier molecular flexibility index (Phi) is 2.40. The van der Waals surface area contributed by atoms with Crippen LogP contribution >= 0.6 is 11.3 Å². The topological polar surface area (TPSA) is 24.9 Å². The van der Waals surface area contributed by atoms with E-state index in [1.54, 1.807) is 11.3 Å². The van der Waals surface area contributed by atoms with Crippen LogP contribution in [0.5, 0.6) is 0 Å². The Labute approximate surface area is 99.4 Å². The highest BCUT2D eigenvalue weighted by atomic mass is 32.1. The van der Waals surface area contributed by atoms with E-state index in [9.17, 15) is 0 Å². The molecule has 1 aromatic carbocycles. The molecule has 1 aliphatic heterocycles. The van der Waals surface area contributed by atoms with E-state index in [1.165, 1.54) is 21.7 Å². The molecular weight excluding hydrogens is 216 g/mol. The van der Waals surface area contributed by atoms with Gasteiger partial charge in [0, 0.05) is 28.9 Å². The number of thiazole rings is 1. The van der Waals surface area contributed by atoms with Crippen molar-refractivity contribution in [2.45, 2.75) is 19.8 Å². The fourth-order valence-electron chi connectivity index (χ4n) is 2.04. The van der Waals surface area contributed by atoms with Crippen LogP contribution in [0.3, 0.4) is 0 Å². The fraction of sp³-hybridized carbons (Fsp3) is 0.308. The Bertz CT molecular complexity index is 516. The Morgan fingerprint density at radius 2 is 2.38 bits per heavy atom. The van der Waals surface area contributed by atoms with Gasteiger partial charge in [0.05, 0.1) is 0 Å². The van der Waals surface area contributed by atoms with Crippen molar-refractivity contribution in [3.05, 3.63) is 34.8 Å². The third-order valence-electron chi connectivity index (χ3n) is 2.96. The molecule has 3 rings (SSSR count). The van der Waals surface area contributed by atoms with E-state index in [0.717, 1.165) is 24.4 Å². The number of rotatable bonds is 2. The third-order valence-corrected chi connectivity index (χ3v) is 4.15. The highest BCUT2D eigenvalue weighted by Crippen LogP contribution is 2.30. The molecule has 0 spiro atoms. The van der Waals surface area contributed by atoms with Gasteiger partial charge in [0.15, 0.2) is 0 Å². The summed E-state index contributed by atoms with van der Waals surface area (Å²) in [6.45, 7) is 3.24. The summed E-state index contributed by atoms with van der Waals surface area (Å²) in [6.07, 6.45) is 4.20. The van der Waals surface area contributed by atoms with Gasteiger partial charge in [0.2, 0.25) is 0 Å². The quantitative estimate of drug-likeness (QED) is 0.856. The molecule has 16 heavy (non-hydrogen) atoms. The number of hydrogen-bond donors (Lipinski definition) is 1. The number of nitrogens with one attached hydrogen (secondary N) is 1. The minimum atomic E-state index is 1.07. The van der Waals surface area contributed by atoms with Crippen LogP contribution < -0.4 is 5.32 Å². The molecule has 0 bridgehead atoms. The van der Waals surface area contributed by atoms with Crippen LogP contribution in [-0.2, 0) is 12.8 Å². The minimum Gasteiger partial charge on any atom is -0.384 e. The number of hydrogen-bond acceptors (Lipinski definition) is 3. The molecule has 3 heteroatoms. The summed E-state index contributed by atoms with van der Waals surface area (Å²) in [5.74, 6) is 0. The first-order valence-corrected chi connectivity index (χ1v) is 6.50. The minimum absolute atomic E-state index is 1.07. The molecule has 2 heterocycles. The maximum absolute atomic E-state index is 4.48. The largest absolute Gasteiger partial charge is 0.384 e. The summed E-state index contributed by atoms with van der Waals surface area (Å²) in [5.41, 5.74) is 3.97. The van der Waals surface area contributed by atoms with Crippen LogP contribution in [-0.4, -0.2) is 11.5 Å². The smallest absolute Gasteiger partial charge is 0.123 e. The van der Waals surface area contributed by atoms with Crippen LogP contribution in [0.25, 0.3) is 10.6 Å². The lowest BCUT2D eigenvalue weighted by atomic mass is 10.1. The maximum atomic E-state index is 4.48. The highest BCUT2D eigenvalue weighted by Gasteiger charge is 2.12. The summed E-state index contributed by atoms with van der Waals surface area (Å²) in [4.78, 5) is 5.84. The molecule has 0 radical (unpaired) electrons. The molecule has 0 saturated carbocycles. The third kappa shape index (κ3) is 1.61. The molecule has 0 atom stereocenters. The fourth-order valence-corrected chi connectivity index (χ4v) is 2.89. The van der Waals surface area contributed by atoms with Crippen LogP contribution in [0, 0.1) is 0 Å². The van der Waals surface area contributed by atoms with Crippen LogP contribution in [0.1, 0.15) is 17.4 Å². The lowest BCUT2D eigenvalue weighted by Crippen LogP contribution is -1.90. The number of benzene rings is 1. The van der Waals surface area contributed by atoms with Crippen molar-refractivity contribution < 1.29 is 0 Å². The number of aromatic nitrogens is 1. The molecule has 2 aromatic rings. The van der Waals surface area contributed by atoms with Gasteiger partial charge in [-0.2, -0.15) is 0 Å². The average molecular weight is 230 g/mol. The van der Waals surface area contributed by atoms with Crippen molar-refractivity contribution >= 4 is 17.0 Å². The van der Waals surface area contributed by atoms with Gasteiger partial charge in [-0.05, 0) is 36.6 Å². The van der Waals surface area contributed by atoms with E-state index in [0.29, 0.717) is 0 Å². The van der Waals surface area contributed by atoms with Gasteiger partial charge < -0.3 is 5.32 Å². The molecule has 1 N–H and O–H groups in total. The van der Waals surface area contributed by atoms with Crippen molar-refractivity contribution in [2.75, 3.05) is 11.9 Å². The molecule has 2 nitrogen and oxygen atoms in total. The predicted molar refractivity (Wildman–Crippen MR) is 69.1 cm³/mol. The van der Waals surface area contributed by atoms with E-state index in [-0.39, 0.29) is 0 Å². The second-order valence-corrected chi connectivity index (χ2v) is 5.15. The van der Waals surface area contributed by atoms with Crippen molar-refractivity contribution in [2.24, 2.45) is 0 Å². The van der Waals surface area contributed by atoms with E-state index in [2.05, 4.69) is 35.4 Å². The molecule has 0 saturated heterocycles. The van der Waals surface area contributed by atoms with E-state index < -0.39 is 0 Å². The molecule has 0 fully saturated rings. The molecule has 1 aliphatic rings. The number of anilines is 1. The van der Waals surface area contributed by atoms with Gasteiger partial charge in [-0.1, -0.05) is 6.92 Å². The zero-order valence-electron chi connectivity index (χ0n) is 9.29. The van der Waals surface area contributed by atoms with Gasteiger partial charge in [-0.25, -0.2) is 4.98 Å². The van der Waals surface area contributed by atoms with Crippen LogP contribution in [0.4, 0.5) is 5.69 Å². The van der Waals surface area contributed by atoms with Crippen molar-refractivity contribution in [3.8, 4) is 10.6 Å². The Hall–Kier alpha value is -1.35.